The molecule has 0 fully saturated rings. The summed E-state index contributed by atoms with van der Waals surface area (Å²) < 4.78 is 0. The van der Waals surface area contributed by atoms with Crippen LogP contribution in [0, 0.1) is 0 Å². The summed E-state index contributed by atoms with van der Waals surface area (Å²) in [6.45, 7) is 1.03. The zero-order valence-electron chi connectivity index (χ0n) is 8.60. The van der Waals surface area contributed by atoms with Crippen molar-refractivity contribution in [3.63, 3.8) is 0 Å². The minimum Gasteiger partial charge on any atom is -0.396 e. The molecule has 0 heterocycles. The Balaban J connectivity index is 2.95. The van der Waals surface area contributed by atoms with Gasteiger partial charge in [0.2, 0.25) is 5.91 Å². The predicted molar refractivity (Wildman–Crippen MR) is 58.5 cm³/mol. The second-order valence-electron chi connectivity index (χ2n) is 3.33. The highest BCUT2D eigenvalue weighted by Crippen LogP contribution is 2.04. The van der Waals surface area contributed by atoms with E-state index in [4.69, 9.17) is 16.7 Å². The fraction of sp³-hybridized carbons (Fsp3) is 0.900. The number of amides is 1. The minimum absolute atomic E-state index is 0.0521. The van der Waals surface area contributed by atoms with Gasteiger partial charge in [0.1, 0.15) is 5.88 Å². The Bertz CT molecular complexity index is 142. The van der Waals surface area contributed by atoms with Crippen LogP contribution in [0.25, 0.3) is 0 Å². The van der Waals surface area contributed by atoms with Crippen molar-refractivity contribution in [2.75, 3.05) is 19.0 Å². The van der Waals surface area contributed by atoms with Crippen LogP contribution in [0.3, 0.4) is 0 Å². The SMILES string of the molecule is O=C(CCl)NCCCCCCCCO. The normalized spacial score (nSPS) is 10.1. The fourth-order valence-electron chi connectivity index (χ4n) is 1.22. The number of carbonyl (C=O) groups excluding carboxylic acids is 1. The van der Waals surface area contributed by atoms with Crippen LogP contribution >= 0.6 is 11.6 Å². The van der Waals surface area contributed by atoms with Crippen molar-refractivity contribution in [1.82, 2.24) is 5.32 Å². The topological polar surface area (TPSA) is 49.3 Å². The van der Waals surface area contributed by atoms with E-state index in [1.807, 2.05) is 0 Å². The van der Waals surface area contributed by atoms with E-state index >= 15 is 0 Å². The lowest BCUT2D eigenvalue weighted by molar-refractivity contribution is -0.118. The molecule has 0 aromatic rings. The smallest absolute Gasteiger partial charge is 0.234 e. The quantitative estimate of drug-likeness (QED) is 0.460. The van der Waals surface area contributed by atoms with Crippen molar-refractivity contribution in [3.05, 3.63) is 0 Å². The molecule has 0 unspecified atom stereocenters. The first-order valence-electron chi connectivity index (χ1n) is 5.24. The largest absolute Gasteiger partial charge is 0.396 e. The lowest BCUT2D eigenvalue weighted by atomic mass is 10.1. The third-order valence-electron chi connectivity index (χ3n) is 2.03. The van der Waals surface area contributed by atoms with Crippen molar-refractivity contribution in [3.8, 4) is 0 Å². The summed E-state index contributed by atoms with van der Waals surface area (Å²) in [5.41, 5.74) is 0. The maximum Gasteiger partial charge on any atom is 0.234 e. The Morgan fingerprint density at radius 3 is 2.21 bits per heavy atom. The monoisotopic (exact) mass is 221 g/mol. The van der Waals surface area contributed by atoms with Crippen LogP contribution in [0.15, 0.2) is 0 Å². The predicted octanol–water partition coefficient (Wildman–Crippen LogP) is 1.67. The van der Waals surface area contributed by atoms with E-state index in [0.29, 0.717) is 6.61 Å². The van der Waals surface area contributed by atoms with E-state index in [9.17, 15) is 4.79 Å². The first kappa shape index (κ1) is 13.7. The highest BCUT2D eigenvalue weighted by Gasteiger charge is 1.96. The van der Waals surface area contributed by atoms with Gasteiger partial charge in [-0.3, -0.25) is 4.79 Å². The van der Waals surface area contributed by atoms with Crippen molar-refractivity contribution >= 4 is 17.5 Å². The standard InChI is InChI=1S/C10H20ClNO2/c11-9-10(14)12-7-5-3-1-2-4-6-8-13/h13H,1-9H2,(H,12,14). The van der Waals surface area contributed by atoms with E-state index in [2.05, 4.69) is 5.32 Å². The number of nitrogens with one attached hydrogen (secondary N) is 1. The average Bonchev–Trinajstić information content (AvgIpc) is 2.21. The van der Waals surface area contributed by atoms with Gasteiger partial charge in [0.05, 0.1) is 0 Å². The number of unbranched alkanes of at least 4 members (excludes halogenated alkanes) is 5. The van der Waals surface area contributed by atoms with E-state index in [-0.39, 0.29) is 11.8 Å². The molecule has 0 saturated heterocycles. The highest BCUT2D eigenvalue weighted by atomic mass is 35.5. The van der Waals surface area contributed by atoms with Crippen molar-refractivity contribution in [1.29, 1.82) is 0 Å². The molecule has 2 N–H and O–H groups in total. The van der Waals surface area contributed by atoms with Gasteiger partial charge in [-0.25, -0.2) is 0 Å². The van der Waals surface area contributed by atoms with Crippen LogP contribution in [0.2, 0.25) is 0 Å². The summed E-state index contributed by atoms with van der Waals surface area (Å²) >= 11 is 5.31. The molecule has 0 aromatic heterocycles. The molecular formula is C10H20ClNO2. The summed E-state index contributed by atoms with van der Waals surface area (Å²) in [5.74, 6) is -0.0387. The van der Waals surface area contributed by atoms with Crippen LogP contribution in [0.1, 0.15) is 38.5 Å². The molecule has 84 valence electrons. The number of halogens is 1. The van der Waals surface area contributed by atoms with E-state index in [1.165, 1.54) is 12.8 Å². The Kier molecular flexibility index (Phi) is 10.6. The number of hydrogen-bond acceptors (Lipinski definition) is 2. The maximum atomic E-state index is 10.7. The van der Waals surface area contributed by atoms with E-state index in [1.54, 1.807) is 0 Å². The molecule has 0 aromatic carbocycles. The molecule has 0 aliphatic rings. The van der Waals surface area contributed by atoms with Gasteiger partial charge in [-0.1, -0.05) is 25.7 Å². The summed E-state index contributed by atoms with van der Waals surface area (Å²) in [5, 5.41) is 11.3. The molecule has 14 heavy (non-hydrogen) atoms. The van der Waals surface area contributed by atoms with Gasteiger partial charge in [-0.05, 0) is 12.8 Å². The number of alkyl halides is 1. The van der Waals surface area contributed by atoms with E-state index in [0.717, 1.165) is 32.2 Å². The lowest BCUT2D eigenvalue weighted by Crippen LogP contribution is -2.25. The molecule has 0 aliphatic heterocycles. The van der Waals surface area contributed by atoms with Crippen molar-refractivity contribution in [2.24, 2.45) is 0 Å². The Labute approximate surface area is 90.8 Å². The molecule has 0 atom stereocenters. The lowest BCUT2D eigenvalue weighted by Gasteiger charge is -2.02. The van der Waals surface area contributed by atoms with Crippen LogP contribution in [-0.4, -0.2) is 30.0 Å². The van der Waals surface area contributed by atoms with Gasteiger partial charge in [0, 0.05) is 13.2 Å². The second-order valence-corrected chi connectivity index (χ2v) is 3.60. The fourth-order valence-corrected chi connectivity index (χ4v) is 1.31. The van der Waals surface area contributed by atoms with Gasteiger partial charge < -0.3 is 10.4 Å². The van der Waals surface area contributed by atoms with Crippen LogP contribution in [-0.2, 0) is 4.79 Å². The average molecular weight is 222 g/mol. The van der Waals surface area contributed by atoms with Gasteiger partial charge in [-0.15, -0.1) is 11.6 Å². The van der Waals surface area contributed by atoms with Gasteiger partial charge in [-0.2, -0.15) is 0 Å². The van der Waals surface area contributed by atoms with Gasteiger partial charge in [0.25, 0.3) is 0 Å². The Morgan fingerprint density at radius 1 is 1.07 bits per heavy atom. The molecule has 1 amide bonds. The molecule has 0 spiro atoms. The Morgan fingerprint density at radius 2 is 1.64 bits per heavy atom. The zero-order chi connectivity index (χ0) is 10.6. The van der Waals surface area contributed by atoms with Crippen LogP contribution < -0.4 is 5.32 Å². The number of carbonyl (C=O) groups is 1. The van der Waals surface area contributed by atoms with Crippen molar-refractivity contribution < 1.29 is 9.90 Å². The molecule has 0 aliphatic carbocycles. The highest BCUT2D eigenvalue weighted by molar-refractivity contribution is 6.27. The second kappa shape index (κ2) is 10.8. The minimum atomic E-state index is -0.0908. The molecule has 0 saturated carbocycles. The molecular weight excluding hydrogens is 202 g/mol. The first-order valence-corrected chi connectivity index (χ1v) is 5.78. The number of aliphatic hydroxyl groups excluding tert-OH is 1. The summed E-state index contributed by atoms with van der Waals surface area (Å²) in [7, 11) is 0. The number of aliphatic hydroxyl groups is 1. The Hall–Kier alpha value is -0.280. The first-order chi connectivity index (χ1) is 6.81. The van der Waals surface area contributed by atoms with Gasteiger partial charge >= 0.3 is 0 Å². The van der Waals surface area contributed by atoms with Crippen molar-refractivity contribution in [2.45, 2.75) is 38.5 Å². The maximum absolute atomic E-state index is 10.7. The zero-order valence-corrected chi connectivity index (χ0v) is 9.35. The van der Waals surface area contributed by atoms with Crippen LogP contribution in [0.5, 0.6) is 0 Å². The van der Waals surface area contributed by atoms with E-state index < -0.39 is 0 Å². The van der Waals surface area contributed by atoms with Crippen LogP contribution in [0.4, 0.5) is 0 Å². The molecule has 0 bridgehead atoms. The number of hydrogen-bond donors (Lipinski definition) is 2. The molecule has 0 radical (unpaired) electrons. The summed E-state index contributed by atoms with van der Waals surface area (Å²) in [4.78, 5) is 10.7. The number of rotatable bonds is 9. The third kappa shape index (κ3) is 9.81. The molecule has 4 heteroatoms. The van der Waals surface area contributed by atoms with Gasteiger partial charge in [0.15, 0.2) is 0 Å². The third-order valence-corrected chi connectivity index (χ3v) is 2.27. The molecule has 3 nitrogen and oxygen atoms in total. The summed E-state index contributed by atoms with van der Waals surface area (Å²) in [6, 6.07) is 0. The molecule has 0 rings (SSSR count). The summed E-state index contributed by atoms with van der Waals surface area (Å²) in [6.07, 6.45) is 6.50.